The van der Waals surface area contributed by atoms with E-state index in [1.807, 2.05) is 44.2 Å². The fraction of sp³-hybridized carbons (Fsp3) is 0.290. The van der Waals surface area contributed by atoms with Gasteiger partial charge in [-0.05, 0) is 81.6 Å². The molecular formula is C31H32N8O2. The maximum atomic E-state index is 9.19. The summed E-state index contributed by atoms with van der Waals surface area (Å²) in [4.78, 5) is 13.8. The number of rotatable bonds is 9. The van der Waals surface area contributed by atoms with Crippen molar-refractivity contribution in [1.82, 2.24) is 20.3 Å². The summed E-state index contributed by atoms with van der Waals surface area (Å²) in [5, 5.41) is 22.9. The molecule has 0 spiro atoms. The highest BCUT2D eigenvalue weighted by atomic mass is 16.5. The van der Waals surface area contributed by atoms with Crippen molar-refractivity contribution in [2.75, 3.05) is 19.7 Å². The Bertz CT molecular complexity index is 1520. The summed E-state index contributed by atoms with van der Waals surface area (Å²) < 4.78 is 11.9. The van der Waals surface area contributed by atoms with Crippen molar-refractivity contribution in [2.24, 2.45) is 21.2 Å². The normalized spacial score (nSPS) is 17.7. The third-order valence-electron chi connectivity index (χ3n) is 6.75. The minimum atomic E-state index is 0.372. The van der Waals surface area contributed by atoms with E-state index in [1.165, 1.54) is 0 Å². The molecule has 2 aliphatic heterocycles. The van der Waals surface area contributed by atoms with Gasteiger partial charge in [0.2, 0.25) is 5.88 Å². The van der Waals surface area contributed by atoms with Crippen LogP contribution in [0.3, 0.4) is 0 Å². The van der Waals surface area contributed by atoms with Crippen molar-refractivity contribution in [3.63, 3.8) is 0 Å². The first kappa shape index (κ1) is 27.7. The summed E-state index contributed by atoms with van der Waals surface area (Å²) in [6, 6.07) is 17.1. The molecule has 10 heteroatoms. The molecule has 2 aliphatic rings. The summed E-state index contributed by atoms with van der Waals surface area (Å²) in [7, 11) is 0. The minimum Gasteiger partial charge on any atom is -0.490 e. The molecular weight excluding hydrogens is 516 g/mol. The standard InChI is InChI=1S/C31H32N8O2/c1-3-28-31(36-29(4-2)41-26-10-6-7-23(16-26)17-32)39(38-37-28)20-24-8-5-9-25(15-24)30-34-18-27(19-35-30)40-21-22-11-13-33-14-12-22/h3-10,15-16,18-19,22,33H,11-14,20-21H2,1-2H3/b28-3?,29-4+,36-31?. The molecule has 0 unspecified atom stereocenters. The highest BCUT2D eigenvalue weighted by molar-refractivity contribution is 5.99. The zero-order valence-corrected chi connectivity index (χ0v) is 23.2. The molecule has 1 saturated heterocycles. The van der Waals surface area contributed by atoms with E-state index in [1.54, 1.807) is 47.7 Å². The molecule has 5 rings (SSSR count). The van der Waals surface area contributed by atoms with Crippen LogP contribution in [0.25, 0.3) is 11.4 Å². The molecule has 1 aromatic heterocycles. The van der Waals surface area contributed by atoms with Crippen molar-refractivity contribution in [2.45, 2.75) is 33.2 Å². The Kier molecular flexibility index (Phi) is 9.08. The second-order valence-corrected chi connectivity index (χ2v) is 9.67. The number of piperidine rings is 1. The molecule has 0 atom stereocenters. The molecule has 208 valence electrons. The predicted molar refractivity (Wildman–Crippen MR) is 156 cm³/mol. The number of nitriles is 1. The lowest BCUT2D eigenvalue weighted by Crippen LogP contribution is -2.30. The average molecular weight is 549 g/mol. The lowest BCUT2D eigenvalue weighted by Gasteiger charge is -2.22. The number of nitrogens with zero attached hydrogens (tertiary/aromatic N) is 7. The number of allylic oxidation sites excluding steroid dienone is 2. The summed E-state index contributed by atoms with van der Waals surface area (Å²) in [6.45, 7) is 6.94. The smallest absolute Gasteiger partial charge is 0.216 e. The van der Waals surface area contributed by atoms with Crippen LogP contribution in [0.5, 0.6) is 11.5 Å². The van der Waals surface area contributed by atoms with E-state index in [2.05, 4.69) is 31.7 Å². The largest absolute Gasteiger partial charge is 0.490 e. The van der Waals surface area contributed by atoms with Crippen LogP contribution in [0.2, 0.25) is 0 Å². The molecule has 0 aliphatic carbocycles. The van der Waals surface area contributed by atoms with Crippen LogP contribution in [0, 0.1) is 17.2 Å². The van der Waals surface area contributed by atoms with Crippen molar-refractivity contribution >= 4 is 5.84 Å². The van der Waals surface area contributed by atoms with Crippen LogP contribution in [-0.2, 0) is 6.54 Å². The molecule has 3 aromatic rings. The first-order valence-corrected chi connectivity index (χ1v) is 13.7. The Morgan fingerprint density at radius 2 is 1.90 bits per heavy atom. The van der Waals surface area contributed by atoms with Crippen LogP contribution in [0.1, 0.15) is 37.8 Å². The molecule has 1 N–H and O–H groups in total. The van der Waals surface area contributed by atoms with Crippen molar-refractivity contribution < 1.29 is 9.47 Å². The highest BCUT2D eigenvalue weighted by Crippen LogP contribution is 2.25. The van der Waals surface area contributed by atoms with Gasteiger partial charge in [0.1, 0.15) is 11.4 Å². The van der Waals surface area contributed by atoms with Crippen molar-refractivity contribution in [3.8, 4) is 29.0 Å². The van der Waals surface area contributed by atoms with Crippen molar-refractivity contribution in [1.29, 1.82) is 5.26 Å². The van der Waals surface area contributed by atoms with E-state index in [9.17, 15) is 5.26 Å². The maximum absolute atomic E-state index is 9.19. The summed E-state index contributed by atoms with van der Waals surface area (Å²) in [5.41, 5.74) is 3.03. The molecule has 3 heterocycles. The SMILES string of the molecule is CC=C1N=NN(Cc2cccc(-c3ncc(OCC4CCNCC4)cn3)c2)C1=N/C(=C\C)Oc1cccc(C#N)c1. The van der Waals surface area contributed by atoms with E-state index < -0.39 is 0 Å². The van der Waals surface area contributed by atoms with Gasteiger partial charge in [0.15, 0.2) is 17.4 Å². The van der Waals surface area contributed by atoms with Gasteiger partial charge in [-0.1, -0.05) is 35.6 Å². The first-order valence-electron chi connectivity index (χ1n) is 13.7. The van der Waals surface area contributed by atoms with Crippen LogP contribution < -0.4 is 14.8 Å². The first-order chi connectivity index (χ1) is 20.1. The fourth-order valence-corrected chi connectivity index (χ4v) is 4.51. The Morgan fingerprint density at radius 1 is 1.10 bits per heavy atom. The monoisotopic (exact) mass is 548 g/mol. The number of nitrogens with one attached hydrogen (secondary N) is 1. The molecule has 1 fully saturated rings. The maximum Gasteiger partial charge on any atom is 0.216 e. The molecule has 0 amide bonds. The fourth-order valence-electron chi connectivity index (χ4n) is 4.51. The molecule has 0 bridgehead atoms. The van der Waals surface area contributed by atoms with Gasteiger partial charge in [-0.3, -0.25) is 0 Å². The number of amidine groups is 1. The summed E-state index contributed by atoms with van der Waals surface area (Å²) in [6.07, 6.45) is 9.34. The van der Waals surface area contributed by atoms with Crippen LogP contribution in [-0.4, -0.2) is 40.5 Å². The Labute approximate surface area is 239 Å². The Balaban J connectivity index is 1.27. The number of aromatic nitrogens is 2. The third kappa shape index (κ3) is 7.21. The number of hydrogen-bond acceptors (Lipinski definition) is 9. The summed E-state index contributed by atoms with van der Waals surface area (Å²) in [5.74, 6) is 3.33. The van der Waals surface area contributed by atoms with Gasteiger partial charge in [0, 0.05) is 5.56 Å². The van der Waals surface area contributed by atoms with Gasteiger partial charge in [-0.25, -0.2) is 15.0 Å². The molecule has 41 heavy (non-hydrogen) atoms. The van der Waals surface area contributed by atoms with Crippen molar-refractivity contribution in [3.05, 3.63) is 95.8 Å². The number of aliphatic imine (C=N–C) groups is 1. The van der Waals surface area contributed by atoms with E-state index >= 15 is 0 Å². The lowest BCUT2D eigenvalue weighted by atomic mass is 9.99. The van der Waals surface area contributed by atoms with Gasteiger partial charge in [0.25, 0.3) is 0 Å². The second-order valence-electron chi connectivity index (χ2n) is 9.67. The van der Waals surface area contributed by atoms with E-state index in [0.29, 0.717) is 59.4 Å². The van der Waals surface area contributed by atoms with Gasteiger partial charge < -0.3 is 14.8 Å². The Hall–Kier alpha value is -4.88. The summed E-state index contributed by atoms with van der Waals surface area (Å²) >= 11 is 0. The minimum absolute atomic E-state index is 0.372. The molecule has 2 aromatic carbocycles. The van der Waals surface area contributed by atoms with Gasteiger partial charge >= 0.3 is 0 Å². The molecule has 10 nitrogen and oxygen atoms in total. The van der Waals surface area contributed by atoms with Gasteiger partial charge in [-0.2, -0.15) is 10.3 Å². The average Bonchev–Trinajstić information content (AvgIpc) is 3.41. The number of ether oxygens (including phenoxy) is 2. The van der Waals surface area contributed by atoms with Gasteiger partial charge in [0.05, 0.1) is 37.2 Å². The van der Waals surface area contributed by atoms with E-state index in [-0.39, 0.29) is 0 Å². The lowest BCUT2D eigenvalue weighted by molar-refractivity contribution is 0.214. The topological polar surface area (TPSA) is 120 Å². The quantitative estimate of drug-likeness (QED) is 0.335. The number of hydrogen-bond donors (Lipinski definition) is 1. The number of benzene rings is 2. The highest BCUT2D eigenvalue weighted by Gasteiger charge is 2.23. The third-order valence-corrected chi connectivity index (χ3v) is 6.75. The zero-order valence-electron chi connectivity index (χ0n) is 23.2. The molecule has 0 radical (unpaired) electrons. The second kappa shape index (κ2) is 13.5. The van der Waals surface area contributed by atoms with Crippen LogP contribution in [0.15, 0.2) is 100.0 Å². The van der Waals surface area contributed by atoms with Crippen LogP contribution >= 0.6 is 0 Å². The van der Waals surface area contributed by atoms with Gasteiger partial charge in [-0.15, -0.1) is 5.11 Å². The van der Waals surface area contributed by atoms with E-state index in [4.69, 9.17) is 14.5 Å². The van der Waals surface area contributed by atoms with Crippen LogP contribution in [0.4, 0.5) is 0 Å². The Morgan fingerprint density at radius 3 is 2.66 bits per heavy atom. The zero-order chi connectivity index (χ0) is 28.4. The van der Waals surface area contributed by atoms with E-state index in [0.717, 1.165) is 37.1 Å². The predicted octanol–water partition coefficient (Wildman–Crippen LogP) is 5.82. The molecule has 0 saturated carbocycles.